The number of rotatable bonds is 10. The van der Waals surface area contributed by atoms with E-state index in [0.29, 0.717) is 4.47 Å². The zero-order chi connectivity index (χ0) is 18.9. The lowest BCUT2D eigenvalue weighted by atomic mass is 10.3. The fraction of sp³-hybridized carbons (Fsp3) is 0.250. The van der Waals surface area contributed by atoms with E-state index in [-0.39, 0.29) is 49.3 Å². The van der Waals surface area contributed by atoms with Crippen LogP contribution in [0.2, 0.25) is 0 Å². The molecule has 0 aliphatic heterocycles. The minimum absolute atomic E-state index is 0.113. The van der Waals surface area contributed by atoms with E-state index < -0.39 is 9.85 Å². The summed E-state index contributed by atoms with van der Waals surface area (Å²) in [6.45, 7) is 0.628. The maximum atomic E-state index is 11.0. The van der Waals surface area contributed by atoms with Crippen molar-refractivity contribution in [2.24, 2.45) is 0 Å². The van der Waals surface area contributed by atoms with E-state index in [1.807, 2.05) is 0 Å². The van der Waals surface area contributed by atoms with Crippen LogP contribution >= 0.6 is 15.9 Å². The first-order valence-corrected chi connectivity index (χ1v) is 8.29. The Hall–Kier alpha value is -2.72. The number of benzene rings is 2. The number of hydrogen-bond acceptors (Lipinski definition) is 7. The molecule has 0 bridgehead atoms. The molecule has 0 unspecified atom stereocenters. The Kier molecular flexibility index (Phi) is 7.30. The molecule has 0 aliphatic carbocycles. The summed E-state index contributed by atoms with van der Waals surface area (Å²) in [5, 5.41) is 21.8. The van der Waals surface area contributed by atoms with Crippen LogP contribution in [0, 0.1) is 20.2 Å². The van der Waals surface area contributed by atoms with Gasteiger partial charge in [-0.1, -0.05) is 28.1 Å². The first-order chi connectivity index (χ1) is 12.5. The summed E-state index contributed by atoms with van der Waals surface area (Å²) in [7, 11) is 0. The Bertz CT molecular complexity index is 785. The Morgan fingerprint density at radius 1 is 0.808 bits per heavy atom. The fourth-order valence-electron chi connectivity index (χ4n) is 2.01. The lowest BCUT2D eigenvalue weighted by Crippen LogP contribution is -2.13. The maximum absolute atomic E-state index is 11.0. The summed E-state index contributed by atoms with van der Waals surface area (Å²) < 4.78 is 16.6. The normalized spacial score (nSPS) is 10.3. The molecule has 0 heterocycles. The highest BCUT2D eigenvalue weighted by Gasteiger charge is 2.15. The van der Waals surface area contributed by atoms with Crippen molar-refractivity contribution in [3.63, 3.8) is 0 Å². The summed E-state index contributed by atoms with van der Waals surface area (Å²) in [6, 6.07) is 10.6. The molecule has 9 nitrogen and oxygen atoms in total. The van der Waals surface area contributed by atoms with Crippen LogP contribution in [0.5, 0.6) is 11.5 Å². The third-order valence-corrected chi connectivity index (χ3v) is 3.64. The summed E-state index contributed by atoms with van der Waals surface area (Å²) in [6.07, 6.45) is 0. The number of nitro groups is 2. The number of halogens is 1. The van der Waals surface area contributed by atoms with Gasteiger partial charge in [-0.05, 0) is 18.2 Å². The van der Waals surface area contributed by atoms with Gasteiger partial charge in [-0.15, -0.1) is 0 Å². The van der Waals surface area contributed by atoms with E-state index in [9.17, 15) is 20.2 Å². The molecule has 10 heteroatoms. The van der Waals surface area contributed by atoms with Crippen LogP contribution in [0.4, 0.5) is 11.4 Å². The summed E-state index contributed by atoms with van der Waals surface area (Å²) in [5.41, 5.74) is -0.252. The minimum atomic E-state index is -0.526. The van der Waals surface area contributed by atoms with Crippen molar-refractivity contribution in [3.8, 4) is 11.5 Å². The molecule has 0 saturated heterocycles. The molecule has 0 fully saturated rings. The molecule has 2 aromatic carbocycles. The third kappa shape index (κ3) is 5.67. The highest BCUT2D eigenvalue weighted by Crippen LogP contribution is 2.30. The molecule has 0 radical (unpaired) electrons. The Morgan fingerprint density at radius 3 is 2.00 bits per heavy atom. The van der Waals surface area contributed by atoms with Gasteiger partial charge in [0.2, 0.25) is 0 Å². The molecule has 0 spiro atoms. The zero-order valence-corrected chi connectivity index (χ0v) is 15.1. The van der Waals surface area contributed by atoms with Crippen LogP contribution in [0.1, 0.15) is 0 Å². The molecule has 2 aromatic rings. The van der Waals surface area contributed by atoms with E-state index in [4.69, 9.17) is 14.2 Å². The van der Waals surface area contributed by atoms with Gasteiger partial charge in [-0.3, -0.25) is 20.2 Å². The van der Waals surface area contributed by atoms with Crippen molar-refractivity contribution in [2.45, 2.75) is 0 Å². The fourth-order valence-corrected chi connectivity index (χ4v) is 2.36. The van der Waals surface area contributed by atoms with Crippen molar-refractivity contribution < 1.29 is 24.1 Å². The van der Waals surface area contributed by atoms with Gasteiger partial charge in [0.15, 0.2) is 11.5 Å². The van der Waals surface area contributed by atoms with Crippen LogP contribution in [-0.4, -0.2) is 36.3 Å². The van der Waals surface area contributed by atoms with Crippen molar-refractivity contribution in [1.82, 2.24) is 0 Å². The lowest BCUT2D eigenvalue weighted by Gasteiger charge is -2.09. The highest BCUT2D eigenvalue weighted by molar-refractivity contribution is 9.10. The monoisotopic (exact) mass is 426 g/mol. The van der Waals surface area contributed by atoms with Crippen LogP contribution in [0.25, 0.3) is 0 Å². The largest absolute Gasteiger partial charge is 0.484 e. The number of hydrogen-bond donors (Lipinski definition) is 0. The van der Waals surface area contributed by atoms with Crippen LogP contribution in [-0.2, 0) is 4.74 Å². The molecule has 26 heavy (non-hydrogen) atoms. The number of para-hydroxylation sites is 2. The lowest BCUT2D eigenvalue weighted by molar-refractivity contribution is -0.386. The maximum Gasteiger partial charge on any atom is 0.312 e. The standard InChI is InChI=1S/C16H15BrN2O7/c17-12-5-6-16(14(11-12)19(22)23)26-10-8-24-7-9-25-15-4-2-1-3-13(15)18(20)21/h1-6,11H,7-10H2. The van der Waals surface area contributed by atoms with Crippen molar-refractivity contribution in [3.05, 3.63) is 67.2 Å². The summed E-state index contributed by atoms with van der Waals surface area (Å²) in [5.74, 6) is 0.320. The predicted molar refractivity (Wildman–Crippen MR) is 95.7 cm³/mol. The number of nitro benzene ring substituents is 2. The van der Waals surface area contributed by atoms with Gasteiger partial charge in [0.05, 0.1) is 23.1 Å². The SMILES string of the molecule is O=[N+]([O-])c1ccccc1OCCOCCOc1ccc(Br)cc1[N+](=O)[O-]. The van der Waals surface area contributed by atoms with Gasteiger partial charge in [-0.2, -0.15) is 0 Å². The molecular formula is C16H15BrN2O7. The molecule has 2 rings (SSSR count). The van der Waals surface area contributed by atoms with Crippen LogP contribution < -0.4 is 9.47 Å². The van der Waals surface area contributed by atoms with Crippen LogP contribution in [0.3, 0.4) is 0 Å². The Balaban J connectivity index is 1.71. The molecular weight excluding hydrogens is 412 g/mol. The molecule has 0 saturated carbocycles. The topological polar surface area (TPSA) is 114 Å². The molecule has 138 valence electrons. The van der Waals surface area contributed by atoms with Crippen molar-refractivity contribution >= 4 is 27.3 Å². The molecule has 0 atom stereocenters. The van der Waals surface area contributed by atoms with Gasteiger partial charge in [0, 0.05) is 16.6 Å². The van der Waals surface area contributed by atoms with Crippen molar-refractivity contribution in [1.29, 1.82) is 0 Å². The summed E-state index contributed by atoms with van der Waals surface area (Å²) >= 11 is 3.17. The Labute approximate surface area is 156 Å². The molecule has 0 amide bonds. The number of nitrogens with zero attached hydrogens (tertiary/aromatic N) is 2. The van der Waals surface area contributed by atoms with E-state index in [2.05, 4.69) is 15.9 Å². The zero-order valence-electron chi connectivity index (χ0n) is 13.5. The second-order valence-corrected chi connectivity index (χ2v) is 5.82. The predicted octanol–water partition coefficient (Wildman–Crippen LogP) is 3.74. The summed E-state index contributed by atoms with van der Waals surface area (Å²) in [4.78, 5) is 20.8. The minimum Gasteiger partial charge on any atom is -0.484 e. The second-order valence-electron chi connectivity index (χ2n) is 4.90. The van der Waals surface area contributed by atoms with Crippen molar-refractivity contribution in [2.75, 3.05) is 26.4 Å². The Morgan fingerprint density at radius 2 is 1.38 bits per heavy atom. The first kappa shape index (κ1) is 19.6. The van der Waals surface area contributed by atoms with Gasteiger partial charge < -0.3 is 14.2 Å². The molecule has 0 N–H and O–H groups in total. The van der Waals surface area contributed by atoms with E-state index in [0.717, 1.165) is 0 Å². The first-order valence-electron chi connectivity index (χ1n) is 7.49. The highest BCUT2D eigenvalue weighted by atomic mass is 79.9. The van der Waals surface area contributed by atoms with E-state index in [1.54, 1.807) is 18.2 Å². The van der Waals surface area contributed by atoms with E-state index in [1.165, 1.54) is 24.3 Å². The molecule has 0 aliphatic rings. The van der Waals surface area contributed by atoms with Gasteiger partial charge in [-0.25, -0.2) is 0 Å². The van der Waals surface area contributed by atoms with Gasteiger partial charge >= 0.3 is 11.4 Å². The van der Waals surface area contributed by atoms with Gasteiger partial charge in [0.25, 0.3) is 0 Å². The third-order valence-electron chi connectivity index (χ3n) is 3.15. The quantitative estimate of drug-likeness (QED) is 0.322. The average molecular weight is 427 g/mol. The molecule has 0 aromatic heterocycles. The van der Waals surface area contributed by atoms with E-state index >= 15 is 0 Å². The number of ether oxygens (including phenoxy) is 3. The smallest absolute Gasteiger partial charge is 0.312 e. The van der Waals surface area contributed by atoms with Gasteiger partial charge in [0.1, 0.15) is 13.2 Å². The second kappa shape index (κ2) is 9.68. The average Bonchev–Trinajstić information content (AvgIpc) is 2.62. The van der Waals surface area contributed by atoms with Crippen LogP contribution in [0.15, 0.2) is 46.9 Å².